The fourth-order valence-electron chi connectivity index (χ4n) is 1.78. The van der Waals surface area contributed by atoms with Gasteiger partial charge in [0.05, 0.1) is 13.2 Å². The minimum Gasteiger partial charge on any atom is -0.495 e. The van der Waals surface area contributed by atoms with E-state index >= 15 is 0 Å². The quantitative estimate of drug-likeness (QED) is 0.627. The number of aromatic nitrogens is 2. The molecule has 2 aromatic rings. The fraction of sp³-hybridized carbons (Fsp3) is 0.231. The summed E-state index contributed by atoms with van der Waals surface area (Å²) in [6.07, 6.45) is 3.50. The van der Waals surface area contributed by atoms with Crippen LogP contribution in [0.1, 0.15) is 23.0 Å². The number of hydrogen-bond acceptors (Lipinski definition) is 5. The zero-order chi connectivity index (χ0) is 13.0. The smallest absolute Gasteiger partial charge is 0.142 e. The van der Waals surface area contributed by atoms with E-state index in [1.165, 1.54) is 0 Å². The SMILES string of the molecule is COc1cccnc1C(NN)c1ccc(C)nc1. The van der Waals surface area contributed by atoms with Gasteiger partial charge in [-0.25, -0.2) is 5.43 Å². The van der Waals surface area contributed by atoms with Crippen LogP contribution >= 0.6 is 0 Å². The minimum atomic E-state index is -0.241. The Morgan fingerprint density at radius 2 is 2.11 bits per heavy atom. The van der Waals surface area contributed by atoms with Crippen LogP contribution in [0.25, 0.3) is 0 Å². The van der Waals surface area contributed by atoms with Crippen LogP contribution in [0.3, 0.4) is 0 Å². The van der Waals surface area contributed by atoms with Crippen molar-refractivity contribution in [2.24, 2.45) is 5.84 Å². The predicted molar refractivity (Wildman–Crippen MR) is 68.9 cm³/mol. The largest absolute Gasteiger partial charge is 0.495 e. The molecule has 0 bridgehead atoms. The standard InChI is InChI=1S/C13H16N4O/c1-9-5-6-10(8-16-9)12(17-14)13-11(18-2)4-3-7-15-13/h3-8,12,17H,14H2,1-2H3. The van der Waals surface area contributed by atoms with Crippen molar-refractivity contribution in [2.75, 3.05) is 7.11 Å². The molecule has 0 aliphatic heterocycles. The number of aryl methyl sites for hydroxylation is 1. The zero-order valence-corrected chi connectivity index (χ0v) is 10.4. The monoisotopic (exact) mass is 244 g/mol. The molecule has 94 valence electrons. The number of nitrogens with one attached hydrogen (secondary N) is 1. The van der Waals surface area contributed by atoms with E-state index < -0.39 is 0 Å². The van der Waals surface area contributed by atoms with Gasteiger partial charge in [0.25, 0.3) is 0 Å². The summed E-state index contributed by atoms with van der Waals surface area (Å²) in [7, 11) is 1.61. The van der Waals surface area contributed by atoms with Crippen molar-refractivity contribution in [1.82, 2.24) is 15.4 Å². The molecule has 0 aromatic carbocycles. The normalized spacial score (nSPS) is 12.2. The Morgan fingerprint density at radius 1 is 1.28 bits per heavy atom. The molecule has 2 aromatic heterocycles. The molecule has 18 heavy (non-hydrogen) atoms. The van der Waals surface area contributed by atoms with E-state index in [1.807, 2.05) is 31.2 Å². The molecular weight excluding hydrogens is 228 g/mol. The maximum absolute atomic E-state index is 5.63. The molecule has 0 aliphatic rings. The van der Waals surface area contributed by atoms with Crippen LogP contribution in [0.2, 0.25) is 0 Å². The van der Waals surface area contributed by atoms with Crippen molar-refractivity contribution < 1.29 is 4.74 Å². The van der Waals surface area contributed by atoms with Gasteiger partial charge in [0.1, 0.15) is 11.4 Å². The van der Waals surface area contributed by atoms with Gasteiger partial charge in [0.2, 0.25) is 0 Å². The molecule has 0 aliphatic carbocycles. The Morgan fingerprint density at radius 3 is 2.72 bits per heavy atom. The van der Waals surface area contributed by atoms with Gasteiger partial charge in [0, 0.05) is 18.1 Å². The number of nitrogens with two attached hydrogens (primary N) is 1. The van der Waals surface area contributed by atoms with Crippen molar-refractivity contribution in [3.8, 4) is 5.75 Å². The Balaban J connectivity index is 2.41. The highest BCUT2D eigenvalue weighted by Crippen LogP contribution is 2.26. The molecule has 0 fully saturated rings. The topological polar surface area (TPSA) is 73.1 Å². The average Bonchev–Trinajstić information content (AvgIpc) is 2.42. The van der Waals surface area contributed by atoms with Gasteiger partial charge in [-0.1, -0.05) is 6.07 Å². The van der Waals surface area contributed by atoms with Gasteiger partial charge in [-0.2, -0.15) is 0 Å². The van der Waals surface area contributed by atoms with E-state index in [2.05, 4.69) is 15.4 Å². The van der Waals surface area contributed by atoms with E-state index in [9.17, 15) is 0 Å². The number of hydrazine groups is 1. The molecule has 3 N–H and O–H groups in total. The highest BCUT2D eigenvalue weighted by molar-refractivity contribution is 5.36. The van der Waals surface area contributed by atoms with Crippen LogP contribution in [-0.2, 0) is 0 Å². The Bertz CT molecular complexity index is 513. The van der Waals surface area contributed by atoms with Gasteiger partial charge in [-0.05, 0) is 30.7 Å². The summed E-state index contributed by atoms with van der Waals surface area (Å²) in [6, 6.07) is 7.35. The number of pyridine rings is 2. The van der Waals surface area contributed by atoms with Gasteiger partial charge in [0.15, 0.2) is 0 Å². The number of ether oxygens (including phenoxy) is 1. The third-order valence-corrected chi connectivity index (χ3v) is 2.73. The van der Waals surface area contributed by atoms with Crippen LogP contribution in [0.15, 0.2) is 36.7 Å². The van der Waals surface area contributed by atoms with Crippen LogP contribution in [0, 0.1) is 6.92 Å². The second-order valence-electron chi connectivity index (χ2n) is 3.92. The number of methoxy groups -OCH3 is 1. The van der Waals surface area contributed by atoms with Gasteiger partial charge in [-0.3, -0.25) is 15.8 Å². The van der Waals surface area contributed by atoms with Crippen LogP contribution in [-0.4, -0.2) is 17.1 Å². The van der Waals surface area contributed by atoms with Crippen LogP contribution in [0.4, 0.5) is 0 Å². The Kier molecular flexibility index (Phi) is 3.86. The molecule has 5 heteroatoms. The third kappa shape index (κ3) is 2.47. The van der Waals surface area contributed by atoms with E-state index in [4.69, 9.17) is 10.6 Å². The lowest BCUT2D eigenvalue weighted by molar-refractivity contribution is 0.400. The summed E-state index contributed by atoms with van der Waals surface area (Å²) < 4.78 is 5.29. The van der Waals surface area contributed by atoms with E-state index in [1.54, 1.807) is 19.5 Å². The zero-order valence-electron chi connectivity index (χ0n) is 10.4. The second-order valence-corrected chi connectivity index (χ2v) is 3.92. The van der Waals surface area contributed by atoms with Crippen molar-refractivity contribution in [2.45, 2.75) is 13.0 Å². The molecule has 1 unspecified atom stereocenters. The molecule has 0 spiro atoms. The molecule has 0 saturated heterocycles. The summed E-state index contributed by atoms with van der Waals surface area (Å²) in [5.41, 5.74) is 5.40. The van der Waals surface area contributed by atoms with Crippen LogP contribution < -0.4 is 16.0 Å². The number of rotatable bonds is 4. The molecule has 2 rings (SSSR count). The lowest BCUT2D eigenvalue weighted by atomic mass is 10.0. The Hall–Kier alpha value is -1.98. The Labute approximate surface area is 106 Å². The highest BCUT2D eigenvalue weighted by Gasteiger charge is 2.18. The lowest BCUT2D eigenvalue weighted by Gasteiger charge is -2.17. The van der Waals surface area contributed by atoms with E-state index in [-0.39, 0.29) is 6.04 Å². The maximum atomic E-state index is 5.63. The van der Waals surface area contributed by atoms with Gasteiger partial charge < -0.3 is 4.74 Å². The number of hydrogen-bond donors (Lipinski definition) is 2. The first-order valence-corrected chi connectivity index (χ1v) is 5.64. The summed E-state index contributed by atoms with van der Waals surface area (Å²) in [5, 5.41) is 0. The van der Waals surface area contributed by atoms with Gasteiger partial charge in [-0.15, -0.1) is 0 Å². The molecule has 0 amide bonds. The third-order valence-electron chi connectivity index (χ3n) is 2.73. The average molecular weight is 244 g/mol. The first-order chi connectivity index (χ1) is 8.76. The van der Waals surface area contributed by atoms with Crippen LogP contribution in [0.5, 0.6) is 5.75 Å². The summed E-state index contributed by atoms with van der Waals surface area (Å²) in [5.74, 6) is 6.32. The first-order valence-electron chi connectivity index (χ1n) is 5.64. The molecular formula is C13H16N4O. The second kappa shape index (κ2) is 5.57. The molecule has 0 radical (unpaired) electrons. The van der Waals surface area contributed by atoms with Crippen molar-refractivity contribution in [3.63, 3.8) is 0 Å². The first kappa shape index (κ1) is 12.5. The number of nitrogens with zero attached hydrogens (tertiary/aromatic N) is 2. The van der Waals surface area contributed by atoms with Crippen molar-refractivity contribution in [3.05, 3.63) is 53.6 Å². The molecule has 1 atom stereocenters. The predicted octanol–water partition coefficient (Wildman–Crippen LogP) is 1.35. The van der Waals surface area contributed by atoms with E-state index in [0.717, 1.165) is 17.0 Å². The molecule has 5 nitrogen and oxygen atoms in total. The highest BCUT2D eigenvalue weighted by atomic mass is 16.5. The van der Waals surface area contributed by atoms with E-state index in [0.29, 0.717) is 5.75 Å². The lowest BCUT2D eigenvalue weighted by Crippen LogP contribution is -2.30. The van der Waals surface area contributed by atoms with Crippen molar-refractivity contribution in [1.29, 1.82) is 0 Å². The molecule has 0 saturated carbocycles. The summed E-state index contributed by atoms with van der Waals surface area (Å²) in [6.45, 7) is 1.94. The maximum Gasteiger partial charge on any atom is 0.142 e. The summed E-state index contributed by atoms with van der Waals surface area (Å²) in [4.78, 5) is 8.59. The fourth-order valence-corrected chi connectivity index (χ4v) is 1.78. The minimum absolute atomic E-state index is 0.241. The van der Waals surface area contributed by atoms with Crippen molar-refractivity contribution >= 4 is 0 Å². The van der Waals surface area contributed by atoms with Gasteiger partial charge >= 0.3 is 0 Å². The summed E-state index contributed by atoms with van der Waals surface area (Å²) >= 11 is 0. The molecule has 2 heterocycles.